The van der Waals surface area contributed by atoms with Crippen molar-refractivity contribution in [2.45, 2.75) is 12.8 Å². The molecule has 2 heterocycles. The normalized spacial score (nSPS) is 21.0. The van der Waals surface area contributed by atoms with Crippen LogP contribution in [0.1, 0.15) is 12.8 Å². The highest BCUT2D eigenvalue weighted by Crippen LogP contribution is 2.14. The summed E-state index contributed by atoms with van der Waals surface area (Å²) >= 11 is 0. The van der Waals surface area contributed by atoms with Gasteiger partial charge in [-0.3, -0.25) is 9.59 Å². The minimum Gasteiger partial charge on any atom is -0.439 e. The number of nitrogens with one attached hydrogen (secondary N) is 1. The molecule has 2 fully saturated rings. The minimum absolute atomic E-state index is 0.0278. The van der Waals surface area contributed by atoms with Crippen LogP contribution in [0.15, 0.2) is 0 Å². The van der Waals surface area contributed by atoms with Crippen LogP contribution in [0.3, 0.4) is 0 Å². The molecule has 0 aromatic heterocycles. The molecule has 1 N–H and O–H groups in total. The van der Waals surface area contributed by atoms with E-state index in [0.717, 1.165) is 17.7 Å². The number of nitrogens with zero attached hydrogens (tertiary/aromatic N) is 1. The summed E-state index contributed by atoms with van der Waals surface area (Å²) in [6.07, 6.45) is 0.799. The van der Waals surface area contributed by atoms with Crippen molar-refractivity contribution in [2.75, 3.05) is 32.9 Å². The number of carbonyl (C=O) groups is 3. The molecule has 0 atom stereocenters. The number of amides is 3. The predicted octanol–water partition coefficient (Wildman–Crippen LogP) is -0.492. The molecule has 2 saturated heterocycles. The van der Waals surface area contributed by atoms with Crippen LogP contribution in [0.4, 0.5) is 4.79 Å². The third kappa shape index (κ3) is 2.98. The molecule has 7 nitrogen and oxygen atoms in total. The smallest absolute Gasteiger partial charge is 0.417 e. The van der Waals surface area contributed by atoms with Crippen LogP contribution in [-0.4, -0.2) is 55.7 Å². The van der Waals surface area contributed by atoms with Gasteiger partial charge in [-0.05, 0) is 12.8 Å². The summed E-state index contributed by atoms with van der Waals surface area (Å²) in [5, 5.41) is 2.72. The fraction of sp³-hybridized carbons (Fsp3) is 0.727. The van der Waals surface area contributed by atoms with Crippen molar-refractivity contribution in [1.82, 2.24) is 10.2 Å². The molecular formula is C11H16N2O5. The molecule has 0 saturated carbocycles. The van der Waals surface area contributed by atoms with Crippen molar-refractivity contribution in [3.05, 3.63) is 0 Å². The van der Waals surface area contributed by atoms with Gasteiger partial charge in [0.15, 0.2) is 6.61 Å². The first-order valence-electron chi connectivity index (χ1n) is 6.01. The summed E-state index contributed by atoms with van der Waals surface area (Å²) in [6, 6.07) is 0. The Morgan fingerprint density at radius 1 is 1.33 bits per heavy atom. The van der Waals surface area contributed by atoms with Gasteiger partial charge in [0.25, 0.3) is 5.91 Å². The molecule has 18 heavy (non-hydrogen) atoms. The van der Waals surface area contributed by atoms with E-state index in [1.807, 2.05) is 0 Å². The molecule has 2 rings (SSSR count). The van der Waals surface area contributed by atoms with Crippen molar-refractivity contribution in [2.24, 2.45) is 5.92 Å². The summed E-state index contributed by atoms with van der Waals surface area (Å²) in [5.74, 6) is -0.432. The van der Waals surface area contributed by atoms with Crippen LogP contribution in [0.5, 0.6) is 0 Å². The molecule has 0 unspecified atom stereocenters. The largest absolute Gasteiger partial charge is 0.439 e. The maximum Gasteiger partial charge on any atom is 0.417 e. The molecule has 2 aliphatic heterocycles. The fourth-order valence-electron chi connectivity index (χ4n) is 1.99. The van der Waals surface area contributed by atoms with Gasteiger partial charge >= 0.3 is 6.09 Å². The average Bonchev–Trinajstić information content (AvgIpc) is 2.71. The molecule has 0 aliphatic carbocycles. The summed E-state index contributed by atoms with van der Waals surface area (Å²) in [5.41, 5.74) is 0. The molecule has 3 amide bonds. The fourth-order valence-corrected chi connectivity index (χ4v) is 1.99. The summed E-state index contributed by atoms with van der Waals surface area (Å²) in [7, 11) is 0. The SMILES string of the molecule is O=C(NCCN1C(=O)COC1=O)C1CCOCC1. The first kappa shape index (κ1) is 12.8. The Morgan fingerprint density at radius 3 is 2.67 bits per heavy atom. The number of ether oxygens (including phenoxy) is 2. The van der Waals surface area contributed by atoms with E-state index in [1.54, 1.807) is 0 Å². The third-order valence-electron chi connectivity index (χ3n) is 3.07. The van der Waals surface area contributed by atoms with Gasteiger partial charge in [0.1, 0.15) is 0 Å². The van der Waals surface area contributed by atoms with E-state index in [2.05, 4.69) is 10.1 Å². The molecule has 0 aromatic rings. The summed E-state index contributed by atoms with van der Waals surface area (Å²) in [6.45, 7) is 1.43. The second-order valence-electron chi connectivity index (χ2n) is 4.28. The Kier molecular flexibility index (Phi) is 4.14. The molecule has 2 aliphatic rings. The van der Waals surface area contributed by atoms with E-state index in [-0.39, 0.29) is 37.4 Å². The molecule has 0 aromatic carbocycles. The highest BCUT2D eigenvalue weighted by Gasteiger charge is 2.30. The quantitative estimate of drug-likeness (QED) is 0.733. The lowest BCUT2D eigenvalue weighted by atomic mass is 9.99. The van der Waals surface area contributed by atoms with Crippen LogP contribution < -0.4 is 5.32 Å². The first-order chi connectivity index (χ1) is 8.68. The number of rotatable bonds is 4. The molecular weight excluding hydrogens is 240 g/mol. The van der Waals surface area contributed by atoms with Crippen LogP contribution in [-0.2, 0) is 19.1 Å². The molecule has 0 radical (unpaired) electrons. The second kappa shape index (κ2) is 5.81. The van der Waals surface area contributed by atoms with Gasteiger partial charge in [-0.1, -0.05) is 0 Å². The highest BCUT2D eigenvalue weighted by molar-refractivity contribution is 5.97. The molecule has 0 bridgehead atoms. The molecule has 7 heteroatoms. The van der Waals surface area contributed by atoms with Gasteiger partial charge in [0.05, 0.1) is 0 Å². The van der Waals surface area contributed by atoms with Gasteiger partial charge in [0, 0.05) is 32.2 Å². The lowest BCUT2D eigenvalue weighted by Crippen LogP contribution is -2.40. The third-order valence-corrected chi connectivity index (χ3v) is 3.07. The zero-order chi connectivity index (χ0) is 13.0. The predicted molar refractivity (Wildman–Crippen MR) is 59.6 cm³/mol. The maximum atomic E-state index is 11.7. The molecule has 100 valence electrons. The molecule has 0 spiro atoms. The van der Waals surface area contributed by atoms with Crippen LogP contribution in [0, 0.1) is 5.92 Å². The number of carbonyl (C=O) groups excluding carboxylic acids is 3. The lowest BCUT2D eigenvalue weighted by Gasteiger charge is -2.21. The van der Waals surface area contributed by atoms with E-state index in [0.29, 0.717) is 13.2 Å². The number of imide groups is 1. The minimum atomic E-state index is -0.639. The summed E-state index contributed by atoms with van der Waals surface area (Å²) < 4.78 is 9.73. The van der Waals surface area contributed by atoms with Crippen LogP contribution in [0.2, 0.25) is 0 Å². The van der Waals surface area contributed by atoms with Crippen LogP contribution >= 0.6 is 0 Å². The van der Waals surface area contributed by atoms with E-state index in [1.165, 1.54) is 0 Å². The van der Waals surface area contributed by atoms with Gasteiger partial charge in [0.2, 0.25) is 5.91 Å². The second-order valence-corrected chi connectivity index (χ2v) is 4.28. The number of hydrogen-bond acceptors (Lipinski definition) is 5. The van der Waals surface area contributed by atoms with Crippen molar-refractivity contribution < 1.29 is 23.9 Å². The van der Waals surface area contributed by atoms with Crippen molar-refractivity contribution in [3.63, 3.8) is 0 Å². The Bertz CT molecular complexity index is 335. The zero-order valence-electron chi connectivity index (χ0n) is 10.0. The highest BCUT2D eigenvalue weighted by atomic mass is 16.6. The Balaban J connectivity index is 1.69. The Morgan fingerprint density at radius 2 is 2.06 bits per heavy atom. The van der Waals surface area contributed by atoms with E-state index in [9.17, 15) is 14.4 Å². The van der Waals surface area contributed by atoms with Crippen molar-refractivity contribution in [3.8, 4) is 0 Å². The summed E-state index contributed by atoms with van der Waals surface area (Å²) in [4.78, 5) is 35.1. The monoisotopic (exact) mass is 256 g/mol. The van der Waals surface area contributed by atoms with Gasteiger partial charge in [-0.25, -0.2) is 9.69 Å². The van der Waals surface area contributed by atoms with Crippen molar-refractivity contribution in [1.29, 1.82) is 0 Å². The lowest BCUT2D eigenvalue weighted by molar-refractivity contribution is -0.129. The van der Waals surface area contributed by atoms with Crippen LogP contribution in [0.25, 0.3) is 0 Å². The zero-order valence-corrected chi connectivity index (χ0v) is 10.0. The standard InChI is InChI=1S/C11H16N2O5/c14-9-7-18-11(16)13(9)4-3-12-10(15)8-1-5-17-6-2-8/h8H,1-7H2,(H,12,15). The Hall–Kier alpha value is -1.63. The average molecular weight is 256 g/mol. The van der Waals surface area contributed by atoms with E-state index in [4.69, 9.17) is 4.74 Å². The van der Waals surface area contributed by atoms with Crippen molar-refractivity contribution >= 4 is 17.9 Å². The van der Waals surface area contributed by atoms with E-state index >= 15 is 0 Å². The van der Waals surface area contributed by atoms with Gasteiger partial charge in [-0.2, -0.15) is 0 Å². The van der Waals surface area contributed by atoms with Gasteiger partial charge < -0.3 is 14.8 Å². The maximum absolute atomic E-state index is 11.7. The number of hydrogen-bond donors (Lipinski definition) is 1. The first-order valence-corrected chi connectivity index (χ1v) is 6.01. The van der Waals surface area contributed by atoms with E-state index < -0.39 is 6.09 Å². The van der Waals surface area contributed by atoms with Gasteiger partial charge in [-0.15, -0.1) is 0 Å². The Labute approximate surface area is 104 Å². The topological polar surface area (TPSA) is 84.9 Å². The number of cyclic esters (lactones) is 1.